The number of hydrazone groups is 1. The first-order chi connectivity index (χ1) is 12.5. The molecule has 6 nitrogen and oxygen atoms in total. The molecule has 1 aliphatic heterocycles. The van der Waals surface area contributed by atoms with Gasteiger partial charge in [-0.2, -0.15) is 10.1 Å². The summed E-state index contributed by atoms with van der Waals surface area (Å²) in [5.74, 6) is 1.09. The molecule has 1 saturated heterocycles. The molecule has 6 atom stereocenters. The first kappa shape index (κ1) is 16.3. The zero-order valence-corrected chi connectivity index (χ0v) is 16.2. The summed E-state index contributed by atoms with van der Waals surface area (Å²) in [5.41, 5.74) is 0.656. The van der Waals surface area contributed by atoms with Gasteiger partial charge in [0.2, 0.25) is 0 Å². The number of aromatic hydroxyl groups is 1. The van der Waals surface area contributed by atoms with E-state index in [1.165, 1.54) is 13.3 Å². The minimum atomic E-state index is -0.243. The summed E-state index contributed by atoms with van der Waals surface area (Å²) in [6.07, 6.45) is 6.91. The van der Waals surface area contributed by atoms with Crippen LogP contribution in [0.25, 0.3) is 0 Å². The Kier molecular flexibility index (Phi) is 3.47. The number of rotatable bonds is 3. The fourth-order valence-electron chi connectivity index (χ4n) is 5.00. The van der Waals surface area contributed by atoms with Crippen molar-refractivity contribution in [1.29, 1.82) is 0 Å². The molecule has 0 spiro atoms. The van der Waals surface area contributed by atoms with Gasteiger partial charge in [-0.05, 0) is 70.4 Å². The largest absolute Gasteiger partial charge is 0.504 e. The summed E-state index contributed by atoms with van der Waals surface area (Å²) in [5, 5.41) is 15.2. The lowest BCUT2D eigenvalue weighted by atomic mass is 9.63. The second-order valence-electron chi connectivity index (χ2n) is 7.44. The van der Waals surface area contributed by atoms with Crippen LogP contribution in [0.2, 0.25) is 0 Å². The van der Waals surface area contributed by atoms with Crippen LogP contribution in [0.4, 0.5) is 0 Å². The van der Waals surface area contributed by atoms with E-state index >= 15 is 0 Å². The summed E-state index contributed by atoms with van der Waals surface area (Å²) >= 11 is 2.00. The Morgan fingerprint density at radius 3 is 2.38 bits per heavy atom. The van der Waals surface area contributed by atoms with Gasteiger partial charge >= 0.3 is 0 Å². The highest BCUT2D eigenvalue weighted by Gasteiger charge is 2.67. The average Bonchev–Trinajstić information content (AvgIpc) is 3.41. The number of carbonyl (C=O) groups is 2. The minimum Gasteiger partial charge on any atom is -0.504 e. The van der Waals surface area contributed by atoms with Crippen LogP contribution in [0.3, 0.4) is 0 Å². The number of allylic oxidation sites excluding steroid dienone is 2. The monoisotopic (exact) mass is 464 g/mol. The molecule has 1 aromatic rings. The lowest BCUT2D eigenvalue weighted by Crippen LogP contribution is -2.40. The SMILES string of the molecule is COc1cc(C=NN2C(=O)[C@@H]3[C@H]4C=C[C@@H]([C@@H]5C[C@@H]45)[C@@H]3C2=O)cc(I)c1O. The summed E-state index contributed by atoms with van der Waals surface area (Å²) in [6.45, 7) is 0. The molecule has 26 heavy (non-hydrogen) atoms. The van der Waals surface area contributed by atoms with E-state index in [1.807, 2.05) is 22.6 Å². The molecule has 3 fully saturated rings. The van der Waals surface area contributed by atoms with Crippen LogP contribution in [0.1, 0.15) is 12.0 Å². The predicted octanol–water partition coefficient (Wildman–Crippen LogP) is 2.39. The van der Waals surface area contributed by atoms with Crippen molar-refractivity contribution in [3.63, 3.8) is 0 Å². The van der Waals surface area contributed by atoms with Crippen molar-refractivity contribution < 1.29 is 19.4 Å². The molecule has 4 aliphatic carbocycles. The summed E-state index contributed by atoms with van der Waals surface area (Å²) < 4.78 is 5.75. The van der Waals surface area contributed by atoms with Crippen molar-refractivity contribution in [3.05, 3.63) is 33.4 Å². The van der Waals surface area contributed by atoms with E-state index < -0.39 is 0 Å². The minimum absolute atomic E-state index is 0.0615. The standard InChI is InChI=1S/C19H17IN2O4/c1-26-14-5-8(4-13(20)17(14)23)7-21-22-18(24)15-9-2-3-10(12-6-11(9)12)16(15)19(22)25/h2-5,7,9-12,15-16,23H,6H2,1H3/t9-,10-,11-,12-,15-,16+/m0/s1. The van der Waals surface area contributed by atoms with Crippen LogP contribution in [-0.4, -0.2) is 35.3 Å². The van der Waals surface area contributed by atoms with Crippen LogP contribution in [0.5, 0.6) is 11.5 Å². The summed E-state index contributed by atoms with van der Waals surface area (Å²) in [6, 6.07) is 3.35. The summed E-state index contributed by atoms with van der Waals surface area (Å²) in [4.78, 5) is 25.7. The third kappa shape index (κ3) is 2.12. The van der Waals surface area contributed by atoms with Gasteiger partial charge in [-0.15, -0.1) is 0 Å². The molecule has 0 unspecified atom stereocenters. The van der Waals surface area contributed by atoms with Crippen molar-refractivity contribution >= 4 is 40.6 Å². The van der Waals surface area contributed by atoms with Gasteiger partial charge in [0.05, 0.1) is 28.7 Å². The van der Waals surface area contributed by atoms with E-state index in [0.717, 1.165) is 11.4 Å². The smallest absolute Gasteiger partial charge is 0.254 e. The maximum atomic E-state index is 12.9. The third-order valence-corrected chi connectivity index (χ3v) is 7.05. The Morgan fingerprint density at radius 1 is 1.19 bits per heavy atom. The normalized spacial score (nSPS) is 36.6. The number of benzene rings is 1. The Labute approximate surface area is 164 Å². The maximum Gasteiger partial charge on any atom is 0.254 e. The highest BCUT2D eigenvalue weighted by Crippen LogP contribution is 2.65. The van der Waals surface area contributed by atoms with Gasteiger partial charge in [0.25, 0.3) is 11.8 Å². The molecule has 2 amide bonds. The van der Waals surface area contributed by atoms with Crippen LogP contribution in [-0.2, 0) is 9.59 Å². The molecule has 1 heterocycles. The van der Waals surface area contributed by atoms with E-state index in [0.29, 0.717) is 26.7 Å². The number of imide groups is 1. The second-order valence-corrected chi connectivity index (χ2v) is 8.60. The Hall–Kier alpha value is -1.90. The second kappa shape index (κ2) is 5.55. The molecule has 2 saturated carbocycles. The van der Waals surface area contributed by atoms with Gasteiger partial charge in [-0.3, -0.25) is 9.59 Å². The Morgan fingerprint density at radius 2 is 1.81 bits per heavy atom. The number of hydrogen-bond donors (Lipinski definition) is 1. The molecular formula is C19H17IN2O4. The molecule has 134 valence electrons. The number of carbonyl (C=O) groups excluding carboxylic acids is 2. The number of amides is 2. The van der Waals surface area contributed by atoms with E-state index in [9.17, 15) is 14.7 Å². The molecule has 1 N–H and O–H groups in total. The first-order valence-electron chi connectivity index (χ1n) is 8.68. The van der Waals surface area contributed by atoms with Crippen LogP contribution < -0.4 is 4.74 Å². The highest BCUT2D eigenvalue weighted by molar-refractivity contribution is 14.1. The molecule has 5 aliphatic rings. The van der Waals surface area contributed by atoms with Gasteiger partial charge in [-0.1, -0.05) is 12.2 Å². The zero-order valence-electron chi connectivity index (χ0n) is 14.0. The zero-order chi connectivity index (χ0) is 18.2. The Bertz CT molecular complexity index is 860. The van der Waals surface area contributed by atoms with Crippen molar-refractivity contribution in [3.8, 4) is 11.5 Å². The number of halogens is 1. The van der Waals surface area contributed by atoms with Gasteiger partial charge in [0.15, 0.2) is 11.5 Å². The molecular weight excluding hydrogens is 447 g/mol. The Balaban J connectivity index is 1.44. The number of hydrogen-bond acceptors (Lipinski definition) is 5. The molecule has 1 aromatic carbocycles. The van der Waals surface area contributed by atoms with Gasteiger partial charge < -0.3 is 9.84 Å². The lowest BCUT2D eigenvalue weighted by molar-refractivity contribution is -0.140. The fourth-order valence-corrected chi connectivity index (χ4v) is 5.63. The summed E-state index contributed by atoms with van der Waals surface area (Å²) in [7, 11) is 1.47. The number of ether oxygens (including phenoxy) is 1. The number of phenolic OH excluding ortho intramolecular Hbond substituents is 1. The maximum absolute atomic E-state index is 12.9. The number of nitrogens with zero attached hydrogens (tertiary/aromatic N) is 2. The highest BCUT2D eigenvalue weighted by atomic mass is 127. The van der Waals surface area contributed by atoms with Crippen LogP contribution >= 0.6 is 22.6 Å². The quantitative estimate of drug-likeness (QED) is 0.323. The van der Waals surface area contributed by atoms with Crippen molar-refractivity contribution in [2.75, 3.05) is 7.11 Å². The first-order valence-corrected chi connectivity index (χ1v) is 9.75. The molecule has 0 aromatic heterocycles. The van der Waals surface area contributed by atoms with Gasteiger partial charge in [0.1, 0.15) is 0 Å². The van der Waals surface area contributed by atoms with E-state index in [2.05, 4.69) is 17.3 Å². The number of phenols is 1. The topological polar surface area (TPSA) is 79.2 Å². The van der Waals surface area contributed by atoms with E-state index in [4.69, 9.17) is 4.74 Å². The molecule has 7 heteroatoms. The molecule has 0 radical (unpaired) electrons. The average molecular weight is 464 g/mol. The van der Waals surface area contributed by atoms with Gasteiger partial charge in [0, 0.05) is 0 Å². The molecule has 6 rings (SSSR count). The predicted molar refractivity (Wildman–Crippen MR) is 102 cm³/mol. The van der Waals surface area contributed by atoms with E-state index in [1.54, 1.807) is 12.1 Å². The van der Waals surface area contributed by atoms with Gasteiger partial charge in [-0.25, -0.2) is 0 Å². The van der Waals surface area contributed by atoms with Crippen LogP contribution in [0.15, 0.2) is 29.4 Å². The number of methoxy groups -OCH3 is 1. The van der Waals surface area contributed by atoms with Crippen molar-refractivity contribution in [2.45, 2.75) is 6.42 Å². The lowest BCUT2D eigenvalue weighted by Gasteiger charge is -2.37. The third-order valence-electron chi connectivity index (χ3n) is 6.23. The van der Waals surface area contributed by atoms with Crippen molar-refractivity contribution in [1.82, 2.24) is 5.01 Å². The fraction of sp³-hybridized carbons (Fsp3) is 0.421. The van der Waals surface area contributed by atoms with Crippen LogP contribution in [0, 0.1) is 39.1 Å². The van der Waals surface area contributed by atoms with E-state index in [-0.39, 0.29) is 41.2 Å². The van der Waals surface area contributed by atoms with Crippen molar-refractivity contribution in [2.24, 2.45) is 40.6 Å². The molecule has 2 bridgehead atoms.